The molecular formula is C14H21NO2. The first-order chi connectivity index (χ1) is 7.93. The lowest BCUT2D eigenvalue weighted by Gasteiger charge is -2.16. The van der Waals surface area contributed by atoms with Crippen molar-refractivity contribution in [2.75, 3.05) is 6.54 Å². The van der Waals surface area contributed by atoms with E-state index < -0.39 is 5.79 Å². The monoisotopic (exact) mass is 235 g/mol. The van der Waals surface area contributed by atoms with Gasteiger partial charge in [-0.3, -0.25) is 0 Å². The molecule has 1 atom stereocenters. The van der Waals surface area contributed by atoms with E-state index in [0.717, 1.165) is 17.9 Å². The third kappa shape index (κ3) is 2.39. The zero-order chi connectivity index (χ0) is 12.6. The highest BCUT2D eigenvalue weighted by atomic mass is 16.7. The van der Waals surface area contributed by atoms with Crippen LogP contribution in [-0.4, -0.2) is 12.3 Å². The van der Waals surface area contributed by atoms with E-state index in [9.17, 15) is 0 Å². The summed E-state index contributed by atoms with van der Waals surface area (Å²) in [5.41, 5.74) is 8.16. The molecule has 1 heterocycles. The molecule has 0 aromatic heterocycles. The van der Waals surface area contributed by atoms with Gasteiger partial charge < -0.3 is 15.2 Å². The highest BCUT2D eigenvalue weighted by Crippen LogP contribution is 2.42. The molecule has 1 aliphatic heterocycles. The fourth-order valence-corrected chi connectivity index (χ4v) is 2.32. The Morgan fingerprint density at radius 1 is 1.24 bits per heavy atom. The molecule has 1 unspecified atom stereocenters. The van der Waals surface area contributed by atoms with Crippen LogP contribution in [0, 0.1) is 6.92 Å². The van der Waals surface area contributed by atoms with Crippen molar-refractivity contribution in [3.05, 3.63) is 23.3 Å². The Bertz CT molecular complexity index is 426. The molecule has 1 aliphatic rings. The maximum atomic E-state index is 5.76. The van der Waals surface area contributed by atoms with E-state index >= 15 is 0 Å². The maximum Gasteiger partial charge on any atom is 0.246 e. The first kappa shape index (κ1) is 12.2. The van der Waals surface area contributed by atoms with Gasteiger partial charge in [0.2, 0.25) is 5.79 Å². The first-order valence-electron chi connectivity index (χ1n) is 6.15. The van der Waals surface area contributed by atoms with Crippen LogP contribution in [0.3, 0.4) is 0 Å². The quantitative estimate of drug-likeness (QED) is 0.876. The average molecular weight is 235 g/mol. The van der Waals surface area contributed by atoms with Crippen molar-refractivity contribution in [2.45, 2.75) is 45.8 Å². The standard InChI is InChI=1S/C14H21NO2/c1-9(5-6-15)11-8-13-12(7-10(11)2)16-14(3,4)17-13/h7-9H,5-6,15H2,1-4H3. The number of nitrogens with two attached hydrogens (primary N) is 1. The minimum atomic E-state index is -0.551. The normalized spacial score (nSPS) is 18.2. The van der Waals surface area contributed by atoms with Crippen molar-refractivity contribution in [1.29, 1.82) is 0 Å². The van der Waals surface area contributed by atoms with E-state index in [-0.39, 0.29) is 0 Å². The van der Waals surface area contributed by atoms with Crippen LogP contribution >= 0.6 is 0 Å². The van der Waals surface area contributed by atoms with Gasteiger partial charge in [0.1, 0.15) is 0 Å². The maximum absolute atomic E-state index is 5.76. The molecule has 94 valence electrons. The Hall–Kier alpha value is -1.22. The summed E-state index contributed by atoms with van der Waals surface area (Å²) in [5.74, 6) is 1.60. The van der Waals surface area contributed by atoms with Gasteiger partial charge in [0, 0.05) is 13.8 Å². The van der Waals surface area contributed by atoms with Gasteiger partial charge in [-0.25, -0.2) is 0 Å². The van der Waals surface area contributed by atoms with Crippen LogP contribution in [0.15, 0.2) is 12.1 Å². The van der Waals surface area contributed by atoms with Crippen LogP contribution in [0.25, 0.3) is 0 Å². The van der Waals surface area contributed by atoms with Crippen LogP contribution in [0.2, 0.25) is 0 Å². The predicted molar refractivity (Wildman–Crippen MR) is 68.6 cm³/mol. The molecule has 2 rings (SSSR count). The summed E-state index contributed by atoms with van der Waals surface area (Å²) in [5, 5.41) is 0. The molecule has 3 nitrogen and oxygen atoms in total. The zero-order valence-electron chi connectivity index (χ0n) is 11.0. The molecule has 1 aromatic rings. The fraction of sp³-hybridized carbons (Fsp3) is 0.571. The molecule has 0 aliphatic carbocycles. The molecule has 17 heavy (non-hydrogen) atoms. The van der Waals surface area contributed by atoms with Crippen LogP contribution in [0.1, 0.15) is 44.2 Å². The molecule has 0 saturated carbocycles. The minimum absolute atomic E-state index is 0.456. The minimum Gasteiger partial charge on any atom is -0.449 e. The second-order valence-electron chi connectivity index (χ2n) is 5.24. The van der Waals surface area contributed by atoms with Gasteiger partial charge in [-0.2, -0.15) is 0 Å². The lowest BCUT2D eigenvalue weighted by atomic mass is 9.93. The smallest absolute Gasteiger partial charge is 0.246 e. The molecule has 2 N–H and O–H groups in total. The van der Waals surface area contributed by atoms with Crippen LogP contribution < -0.4 is 15.2 Å². The summed E-state index contributed by atoms with van der Waals surface area (Å²) in [6.45, 7) is 8.86. The third-order valence-corrected chi connectivity index (χ3v) is 3.17. The van der Waals surface area contributed by atoms with E-state index in [1.165, 1.54) is 11.1 Å². The van der Waals surface area contributed by atoms with Gasteiger partial charge in [0.15, 0.2) is 11.5 Å². The van der Waals surface area contributed by atoms with E-state index in [1.807, 2.05) is 13.8 Å². The lowest BCUT2D eigenvalue weighted by Crippen LogP contribution is -2.29. The number of hydrogen-bond donors (Lipinski definition) is 1. The second-order valence-corrected chi connectivity index (χ2v) is 5.24. The van der Waals surface area contributed by atoms with Gasteiger partial charge in [-0.15, -0.1) is 0 Å². The van der Waals surface area contributed by atoms with Gasteiger partial charge in [-0.1, -0.05) is 6.92 Å². The summed E-state index contributed by atoms with van der Waals surface area (Å²) in [7, 11) is 0. The molecule has 0 fully saturated rings. The van der Waals surface area contributed by atoms with Crippen molar-refractivity contribution >= 4 is 0 Å². The summed E-state index contributed by atoms with van der Waals surface area (Å²) in [6.07, 6.45) is 0.990. The van der Waals surface area contributed by atoms with Crippen molar-refractivity contribution in [1.82, 2.24) is 0 Å². The van der Waals surface area contributed by atoms with Crippen LogP contribution in [0.5, 0.6) is 11.5 Å². The Morgan fingerprint density at radius 2 is 1.82 bits per heavy atom. The third-order valence-electron chi connectivity index (χ3n) is 3.17. The van der Waals surface area contributed by atoms with Gasteiger partial charge >= 0.3 is 0 Å². The molecule has 0 amide bonds. The van der Waals surface area contributed by atoms with E-state index in [4.69, 9.17) is 15.2 Å². The molecule has 3 heteroatoms. The average Bonchev–Trinajstić information content (AvgIpc) is 2.50. The number of fused-ring (bicyclic) bond motifs is 1. The highest BCUT2D eigenvalue weighted by Gasteiger charge is 2.32. The molecule has 1 aromatic carbocycles. The van der Waals surface area contributed by atoms with Gasteiger partial charge in [0.25, 0.3) is 0 Å². The lowest BCUT2D eigenvalue weighted by molar-refractivity contribution is -0.0431. The van der Waals surface area contributed by atoms with Crippen molar-refractivity contribution in [3.8, 4) is 11.5 Å². The van der Waals surface area contributed by atoms with Gasteiger partial charge in [-0.05, 0) is 49.1 Å². The van der Waals surface area contributed by atoms with Gasteiger partial charge in [0.05, 0.1) is 0 Å². The largest absolute Gasteiger partial charge is 0.449 e. The Morgan fingerprint density at radius 3 is 2.41 bits per heavy atom. The number of ether oxygens (including phenoxy) is 2. The number of rotatable bonds is 3. The highest BCUT2D eigenvalue weighted by molar-refractivity contribution is 5.50. The Balaban J connectivity index is 2.33. The predicted octanol–water partition coefficient (Wildman–Crippen LogP) is 2.95. The molecule has 0 radical (unpaired) electrons. The summed E-state index contributed by atoms with van der Waals surface area (Å²) in [6, 6.07) is 4.16. The van der Waals surface area contributed by atoms with E-state index in [1.54, 1.807) is 0 Å². The Labute approximate surface area is 103 Å². The van der Waals surface area contributed by atoms with Crippen molar-refractivity contribution < 1.29 is 9.47 Å². The Kier molecular flexibility index (Phi) is 3.04. The fourth-order valence-electron chi connectivity index (χ4n) is 2.32. The zero-order valence-corrected chi connectivity index (χ0v) is 11.0. The SMILES string of the molecule is Cc1cc2c(cc1C(C)CCN)OC(C)(C)O2. The van der Waals surface area contributed by atoms with E-state index in [0.29, 0.717) is 12.5 Å². The van der Waals surface area contributed by atoms with E-state index in [2.05, 4.69) is 26.0 Å². The van der Waals surface area contributed by atoms with Crippen LogP contribution in [-0.2, 0) is 0 Å². The number of aryl methyl sites for hydroxylation is 1. The van der Waals surface area contributed by atoms with Crippen molar-refractivity contribution in [3.63, 3.8) is 0 Å². The molecular weight excluding hydrogens is 214 g/mol. The van der Waals surface area contributed by atoms with Crippen LogP contribution in [0.4, 0.5) is 0 Å². The summed E-state index contributed by atoms with van der Waals surface area (Å²) < 4.78 is 11.5. The molecule has 0 bridgehead atoms. The second kappa shape index (κ2) is 4.22. The summed E-state index contributed by atoms with van der Waals surface area (Å²) in [4.78, 5) is 0. The summed E-state index contributed by atoms with van der Waals surface area (Å²) >= 11 is 0. The molecule has 0 saturated heterocycles. The number of benzene rings is 1. The molecule has 0 spiro atoms. The number of hydrogen-bond acceptors (Lipinski definition) is 3. The topological polar surface area (TPSA) is 44.5 Å². The first-order valence-corrected chi connectivity index (χ1v) is 6.15. The van der Waals surface area contributed by atoms with Crippen molar-refractivity contribution in [2.24, 2.45) is 5.73 Å².